The molecule has 0 aliphatic rings. The maximum atomic E-state index is 6.33. The van der Waals surface area contributed by atoms with E-state index in [9.17, 15) is 0 Å². The van der Waals surface area contributed by atoms with Gasteiger partial charge in [0, 0.05) is 31.9 Å². The van der Waals surface area contributed by atoms with Crippen molar-refractivity contribution in [2.24, 2.45) is 0 Å². The number of hydrogen-bond acceptors (Lipinski definition) is 2. The summed E-state index contributed by atoms with van der Waals surface area (Å²) in [4.78, 5) is 4.54. The van der Waals surface area contributed by atoms with Gasteiger partial charge < -0.3 is 9.40 Å². The topological polar surface area (TPSA) is 26.0 Å². The average Bonchev–Trinajstić information content (AvgIpc) is 3.12. The van der Waals surface area contributed by atoms with Crippen molar-refractivity contribution in [1.82, 2.24) is 4.98 Å². The van der Waals surface area contributed by atoms with Gasteiger partial charge in [-0.15, -0.1) is 17.7 Å². The second kappa shape index (κ2) is 7.94. The van der Waals surface area contributed by atoms with Gasteiger partial charge in [0.25, 0.3) is 0 Å². The molecule has 0 saturated heterocycles. The monoisotopic (exact) mass is 555 g/mol. The Hall–Kier alpha value is -2.74. The van der Waals surface area contributed by atoms with Crippen LogP contribution in [0.2, 0.25) is 0 Å². The van der Waals surface area contributed by atoms with Crippen molar-refractivity contribution in [2.75, 3.05) is 0 Å². The van der Waals surface area contributed by atoms with E-state index in [1.807, 2.05) is 18.3 Å². The van der Waals surface area contributed by atoms with E-state index < -0.39 is 0 Å². The minimum atomic E-state index is 0. The summed E-state index contributed by atoms with van der Waals surface area (Å²) < 4.78 is 6.33. The Morgan fingerprint density at radius 2 is 1.72 bits per heavy atom. The van der Waals surface area contributed by atoms with Crippen LogP contribution < -0.4 is 0 Å². The molecule has 0 saturated carbocycles. The van der Waals surface area contributed by atoms with Crippen molar-refractivity contribution in [3.05, 3.63) is 90.6 Å². The predicted octanol–water partition coefficient (Wildman–Crippen LogP) is 7.24. The van der Waals surface area contributed by atoms with Crippen molar-refractivity contribution < 1.29 is 24.5 Å². The average molecular weight is 555 g/mol. The summed E-state index contributed by atoms with van der Waals surface area (Å²) in [6.07, 6.45) is 1.87. The standard InChI is InChI=1S/C26H20NO.Ir/c1-17(2)19-13-14-27-24(15-19)20-11-12-22-23-10-6-9-21(18-7-4-3-5-8-18)26(23)28-25(22)16-20;/h3-10,12-17H,1-2H3;/q-1;. The summed E-state index contributed by atoms with van der Waals surface area (Å²) in [7, 11) is 0. The van der Waals surface area contributed by atoms with E-state index in [-0.39, 0.29) is 20.1 Å². The van der Waals surface area contributed by atoms with Gasteiger partial charge in [0.2, 0.25) is 0 Å². The zero-order valence-electron chi connectivity index (χ0n) is 16.3. The van der Waals surface area contributed by atoms with E-state index in [2.05, 4.69) is 85.6 Å². The summed E-state index contributed by atoms with van der Waals surface area (Å²) in [6, 6.07) is 28.4. The quantitative estimate of drug-likeness (QED) is 0.220. The molecule has 2 heterocycles. The van der Waals surface area contributed by atoms with Crippen LogP contribution in [0.1, 0.15) is 25.3 Å². The molecular weight excluding hydrogens is 535 g/mol. The first kappa shape index (κ1) is 19.6. The number of furan rings is 1. The molecule has 0 unspecified atom stereocenters. The van der Waals surface area contributed by atoms with Crippen molar-refractivity contribution in [3.8, 4) is 22.4 Å². The van der Waals surface area contributed by atoms with E-state index in [1.54, 1.807) is 0 Å². The molecule has 0 aliphatic carbocycles. The van der Waals surface area contributed by atoms with Crippen molar-refractivity contribution >= 4 is 21.9 Å². The molecule has 0 atom stereocenters. The van der Waals surface area contributed by atoms with Crippen molar-refractivity contribution in [3.63, 3.8) is 0 Å². The van der Waals surface area contributed by atoms with Gasteiger partial charge in [-0.3, -0.25) is 0 Å². The molecule has 0 aliphatic heterocycles. The number of para-hydroxylation sites is 1. The molecule has 3 heteroatoms. The summed E-state index contributed by atoms with van der Waals surface area (Å²) in [5.41, 5.74) is 7.20. The number of hydrogen-bond donors (Lipinski definition) is 0. The molecule has 0 bridgehead atoms. The third-order valence-electron chi connectivity index (χ3n) is 5.24. The Balaban J connectivity index is 0.00000205. The van der Waals surface area contributed by atoms with Crippen LogP contribution >= 0.6 is 0 Å². The molecule has 0 spiro atoms. The Labute approximate surface area is 183 Å². The van der Waals surface area contributed by atoms with Gasteiger partial charge in [-0.25, -0.2) is 0 Å². The molecule has 2 nitrogen and oxygen atoms in total. The molecule has 5 rings (SSSR count). The SMILES string of the molecule is CC(C)c1ccnc(-c2[c-]cc3c(c2)oc2c(-c4ccccc4)cccc23)c1.[Ir]. The van der Waals surface area contributed by atoms with Crippen LogP contribution in [0.15, 0.2) is 83.4 Å². The third-order valence-corrected chi connectivity index (χ3v) is 5.24. The largest absolute Gasteiger partial charge is 0.476 e. The van der Waals surface area contributed by atoms with Crippen molar-refractivity contribution in [1.29, 1.82) is 0 Å². The summed E-state index contributed by atoms with van der Waals surface area (Å²) in [6.45, 7) is 4.38. The van der Waals surface area contributed by atoms with Crippen LogP contribution in [0.5, 0.6) is 0 Å². The van der Waals surface area contributed by atoms with Gasteiger partial charge in [0.05, 0.1) is 5.58 Å². The maximum absolute atomic E-state index is 6.33. The molecule has 0 amide bonds. The van der Waals surface area contributed by atoms with Crippen LogP contribution in [0, 0.1) is 6.07 Å². The van der Waals surface area contributed by atoms with Crippen molar-refractivity contribution in [2.45, 2.75) is 19.8 Å². The Morgan fingerprint density at radius 1 is 0.897 bits per heavy atom. The molecule has 2 aromatic heterocycles. The van der Waals surface area contributed by atoms with E-state index >= 15 is 0 Å². The van der Waals surface area contributed by atoms with E-state index in [0.717, 1.165) is 44.3 Å². The molecule has 3 aromatic carbocycles. The fourth-order valence-corrected chi connectivity index (χ4v) is 3.68. The summed E-state index contributed by atoms with van der Waals surface area (Å²) >= 11 is 0. The van der Waals surface area contributed by atoms with Gasteiger partial charge >= 0.3 is 0 Å². The number of nitrogens with zero attached hydrogens (tertiary/aromatic N) is 1. The fraction of sp³-hybridized carbons (Fsp3) is 0.115. The Morgan fingerprint density at radius 3 is 2.52 bits per heavy atom. The number of fused-ring (bicyclic) bond motifs is 3. The second-order valence-corrected chi connectivity index (χ2v) is 7.40. The predicted molar refractivity (Wildman–Crippen MR) is 115 cm³/mol. The summed E-state index contributed by atoms with van der Waals surface area (Å²) in [5.74, 6) is 0.463. The van der Waals surface area contributed by atoms with Crippen LogP contribution in [0.4, 0.5) is 0 Å². The third kappa shape index (κ3) is 3.53. The smallest absolute Gasteiger partial charge is 0.131 e. The van der Waals surface area contributed by atoms with Crippen LogP contribution in [-0.4, -0.2) is 4.98 Å². The first-order valence-electron chi connectivity index (χ1n) is 9.59. The fourth-order valence-electron chi connectivity index (χ4n) is 3.68. The number of benzene rings is 3. The molecule has 145 valence electrons. The molecule has 29 heavy (non-hydrogen) atoms. The van der Waals surface area contributed by atoms with E-state index in [1.165, 1.54) is 5.56 Å². The van der Waals surface area contributed by atoms with E-state index in [0.29, 0.717) is 5.92 Å². The first-order valence-corrected chi connectivity index (χ1v) is 9.59. The number of pyridine rings is 1. The molecule has 5 aromatic rings. The van der Waals surface area contributed by atoms with Gasteiger partial charge in [-0.2, -0.15) is 0 Å². The van der Waals surface area contributed by atoms with Gasteiger partial charge in [-0.05, 0) is 28.6 Å². The van der Waals surface area contributed by atoms with Crippen LogP contribution in [0.25, 0.3) is 44.3 Å². The number of aromatic nitrogens is 1. The molecule has 0 N–H and O–H groups in total. The van der Waals surface area contributed by atoms with Gasteiger partial charge in [0.15, 0.2) is 0 Å². The van der Waals surface area contributed by atoms with Gasteiger partial charge in [0.1, 0.15) is 5.58 Å². The second-order valence-electron chi connectivity index (χ2n) is 7.40. The maximum Gasteiger partial charge on any atom is 0.131 e. The minimum absolute atomic E-state index is 0. The van der Waals surface area contributed by atoms with Gasteiger partial charge in [-0.1, -0.05) is 85.5 Å². The first-order chi connectivity index (χ1) is 13.7. The van der Waals surface area contributed by atoms with E-state index in [4.69, 9.17) is 4.42 Å². The molecule has 1 radical (unpaired) electrons. The Kier molecular flexibility index (Phi) is 5.36. The normalized spacial score (nSPS) is 11.1. The number of rotatable bonds is 3. The summed E-state index contributed by atoms with van der Waals surface area (Å²) in [5, 5.41) is 2.19. The minimum Gasteiger partial charge on any atom is -0.476 e. The molecule has 0 fully saturated rings. The molecular formula is C26H20IrNO-. The Bertz CT molecular complexity index is 1290. The zero-order valence-corrected chi connectivity index (χ0v) is 18.7. The van der Waals surface area contributed by atoms with Crippen LogP contribution in [-0.2, 0) is 20.1 Å². The van der Waals surface area contributed by atoms with Crippen LogP contribution in [0.3, 0.4) is 0 Å². The zero-order chi connectivity index (χ0) is 19.1.